The Bertz CT molecular complexity index is 1540. The molecule has 2 saturated carbocycles. The molecule has 2 heterocycles. The van der Waals surface area contributed by atoms with Crippen molar-refractivity contribution in [1.29, 1.82) is 0 Å². The Morgan fingerprint density at radius 3 is 2.50 bits per heavy atom. The second kappa shape index (κ2) is 11.2. The number of carbonyl (C=O) groups excluding carboxylic acids is 2. The zero-order valence-corrected chi connectivity index (χ0v) is 22.1. The molecule has 2 amide bonds. The average Bonchev–Trinajstić information content (AvgIpc) is 3.51. The summed E-state index contributed by atoms with van der Waals surface area (Å²) in [5.41, 5.74) is -0.857. The Labute approximate surface area is 235 Å². The van der Waals surface area contributed by atoms with Gasteiger partial charge in [-0.15, -0.1) is 13.2 Å². The van der Waals surface area contributed by atoms with Gasteiger partial charge in [-0.05, 0) is 61.1 Å². The topological polar surface area (TPSA) is 135 Å². The van der Waals surface area contributed by atoms with Gasteiger partial charge in [-0.1, -0.05) is 13.0 Å². The van der Waals surface area contributed by atoms with Crippen LogP contribution < -0.4 is 15.4 Å². The van der Waals surface area contributed by atoms with Crippen LogP contribution in [0.25, 0.3) is 5.65 Å². The molecule has 224 valence electrons. The Morgan fingerprint density at radius 1 is 1.05 bits per heavy atom. The average molecular weight is 596 g/mol. The number of aliphatic carboxylic acids is 1. The van der Waals surface area contributed by atoms with E-state index >= 15 is 0 Å². The summed E-state index contributed by atoms with van der Waals surface area (Å²) in [5, 5.41) is 18.7. The number of hydrogen-bond acceptors (Lipinski definition) is 6. The molecule has 2 fully saturated rings. The van der Waals surface area contributed by atoms with Crippen LogP contribution >= 0.6 is 0 Å². The molecule has 2 aromatic heterocycles. The summed E-state index contributed by atoms with van der Waals surface area (Å²) >= 11 is 0. The molecule has 0 aliphatic heterocycles. The van der Waals surface area contributed by atoms with Crippen LogP contribution in [0.15, 0.2) is 30.5 Å². The van der Waals surface area contributed by atoms with Crippen molar-refractivity contribution in [2.24, 2.45) is 23.7 Å². The van der Waals surface area contributed by atoms with E-state index in [2.05, 4.69) is 25.5 Å². The number of rotatable bonds is 7. The number of fused-ring (bicyclic) bond motifs is 2. The molecule has 2 aliphatic carbocycles. The van der Waals surface area contributed by atoms with Crippen molar-refractivity contribution in [2.45, 2.75) is 51.6 Å². The van der Waals surface area contributed by atoms with Crippen molar-refractivity contribution >= 4 is 23.4 Å². The number of nitrogens with one attached hydrogen (secondary N) is 2. The van der Waals surface area contributed by atoms with Gasteiger partial charge in [-0.2, -0.15) is 5.10 Å². The number of carboxylic acids is 1. The van der Waals surface area contributed by atoms with Crippen molar-refractivity contribution in [3.05, 3.63) is 59.0 Å². The highest BCUT2D eigenvalue weighted by atomic mass is 19.4. The summed E-state index contributed by atoms with van der Waals surface area (Å²) < 4.78 is 70.4. The minimum absolute atomic E-state index is 0.0523. The van der Waals surface area contributed by atoms with Crippen LogP contribution in [0.5, 0.6) is 5.75 Å². The Kier molecular flexibility index (Phi) is 7.77. The number of carboxylic acid groups (broad SMARTS) is 1. The number of alkyl halides is 3. The van der Waals surface area contributed by atoms with Crippen LogP contribution in [0, 0.1) is 35.3 Å². The van der Waals surface area contributed by atoms with E-state index in [0.717, 1.165) is 41.4 Å². The van der Waals surface area contributed by atoms with Crippen LogP contribution in [0.3, 0.4) is 0 Å². The van der Waals surface area contributed by atoms with Gasteiger partial charge in [0.1, 0.15) is 11.4 Å². The van der Waals surface area contributed by atoms with Crippen LogP contribution in [0.1, 0.15) is 59.1 Å². The van der Waals surface area contributed by atoms with Gasteiger partial charge < -0.3 is 20.5 Å². The number of ether oxygens (including phenoxy) is 1. The highest BCUT2D eigenvalue weighted by molar-refractivity contribution is 5.98. The molecule has 0 spiro atoms. The van der Waals surface area contributed by atoms with Crippen molar-refractivity contribution in [3.63, 3.8) is 0 Å². The molecular formula is C27H26F5N5O5. The molecule has 3 N–H and O–H groups in total. The summed E-state index contributed by atoms with van der Waals surface area (Å²) in [6.07, 6.45) is -1.78. The van der Waals surface area contributed by atoms with Gasteiger partial charge in [0.05, 0.1) is 12.1 Å². The zero-order valence-electron chi connectivity index (χ0n) is 22.1. The van der Waals surface area contributed by atoms with Crippen LogP contribution in [0.4, 0.5) is 22.0 Å². The number of halogens is 5. The van der Waals surface area contributed by atoms with Crippen LogP contribution in [0.2, 0.25) is 0 Å². The maximum atomic E-state index is 14.5. The van der Waals surface area contributed by atoms with Gasteiger partial charge in [0.2, 0.25) is 0 Å². The van der Waals surface area contributed by atoms with E-state index in [4.69, 9.17) is 0 Å². The zero-order chi connectivity index (χ0) is 30.3. The molecule has 0 radical (unpaired) electrons. The normalized spacial score (nSPS) is 23.8. The fourth-order valence-corrected chi connectivity index (χ4v) is 6.22. The standard InChI is InChI=1S/C27H26F5N5O5/c1-12-14-5-7-19(16(14)4-3-15(12)26(40)41)36-25(39)21-9-20(35-23-18(29)11-34-37(21)23)24(38)33-10-13-2-6-17(28)22(8-13)42-27(30,31)32/h2,6,8-9,11-12,14-16,19H,3-5,7,10H2,1H3,(H,33,38)(H,36,39)(H,40,41)/t12?,14?,15-,16?,19-/m0/s1. The van der Waals surface area contributed by atoms with Crippen molar-refractivity contribution < 1.29 is 46.2 Å². The molecule has 3 aromatic rings. The van der Waals surface area contributed by atoms with Crippen molar-refractivity contribution in [3.8, 4) is 5.75 Å². The Morgan fingerprint density at radius 2 is 1.79 bits per heavy atom. The van der Waals surface area contributed by atoms with Gasteiger partial charge >= 0.3 is 12.3 Å². The first-order valence-corrected chi connectivity index (χ1v) is 13.2. The third kappa shape index (κ3) is 5.85. The molecular weight excluding hydrogens is 569 g/mol. The van der Waals surface area contributed by atoms with E-state index in [9.17, 15) is 41.4 Å². The number of nitrogens with zero attached hydrogens (tertiary/aromatic N) is 3. The second-order valence-electron chi connectivity index (χ2n) is 10.6. The summed E-state index contributed by atoms with van der Waals surface area (Å²) in [5.74, 6) is -5.86. The fourth-order valence-electron chi connectivity index (χ4n) is 6.22. The Hall–Kier alpha value is -4.30. The summed E-state index contributed by atoms with van der Waals surface area (Å²) in [6, 6.07) is 3.52. The van der Waals surface area contributed by atoms with E-state index in [1.54, 1.807) is 0 Å². The lowest BCUT2D eigenvalue weighted by Gasteiger charge is -2.38. The Balaban J connectivity index is 1.33. The first-order valence-electron chi connectivity index (χ1n) is 13.2. The van der Waals surface area contributed by atoms with Gasteiger partial charge in [-0.3, -0.25) is 14.4 Å². The highest BCUT2D eigenvalue weighted by Gasteiger charge is 2.47. The summed E-state index contributed by atoms with van der Waals surface area (Å²) in [7, 11) is 0. The summed E-state index contributed by atoms with van der Waals surface area (Å²) in [6.45, 7) is 1.56. The lowest BCUT2D eigenvalue weighted by Crippen LogP contribution is -2.44. The predicted molar refractivity (Wildman–Crippen MR) is 134 cm³/mol. The monoisotopic (exact) mass is 595 g/mol. The minimum Gasteiger partial charge on any atom is -0.481 e. The fraction of sp³-hybridized carbons (Fsp3) is 0.444. The molecule has 0 bridgehead atoms. The molecule has 5 rings (SSSR count). The molecule has 3 unspecified atom stereocenters. The molecule has 15 heteroatoms. The van der Waals surface area contributed by atoms with E-state index in [0.29, 0.717) is 19.3 Å². The van der Waals surface area contributed by atoms with Crippen LogP contribution in [-0.4, -0.2) is 49.9 Å². The first kappa shape index (κ1) is 29.2. The van der Waals surface area contributed by atoms with Crippen molar-refractivity contribution in [2.75, 3.05) is 0 Å². The summed E-state index contributed by atoms with van der Waals surface area (Å²) in [4.78, 5) is 41.9. The second-order valence-corrected chi connectivity index (χ2v) is 10.6. The molecule has 5 atom stereocenters. The molecule has 42 heavy (non-hydrogen) atoms. The van der Waals surface area contributed by atoms with Gasteiger partial charge in [-0.25, -0.2) is 18.3 Å². The number of amides is 2. The quantitative estimate of drug-likeness (QED) is 0.350. The third-order valence-corrected chi connectivity index (χ3v) is 8.20. The molecule has 10 nitrogen and oxygen atoms in total. The molecule has 1 aromatic carbocycles. The number of benzene rings is 1. The van der Waals surface area contributed by atoms with E-state index in [1.807, 2.05) is 6.92 Å². The molecule has 2 aliphatic rings. The number of carbonyl (C=O) groups is 3. The predicted octanol–water partition coefficient (Wildman–Crippen LogP) is 4.09. The van der Waals surface area contributed by atoms with Crippen LogP contribution in [-0.2, 0) is 11.3 Å². The first-order chi connectivity index (χ1) is 19.8. The lowest BCUT2D eigenvalue weighted by atomic mass is 9.68. The van der Waals surface area contributed by atoms with Crippen molar-refractivity contribution in [1.82, 2.24) is 25.2 Å². The van der Waals surface area contributed by atoms with E-state index in [1.165, 1.54) is 0 Å². The van der Waals surface area contributed by atoms with Gasteiger partial charge in [0, 0.05) is 18.7 Å². The molecule has 0 saturated heterocycles. The lowest BCUT2D eigenvalue weighted by molar-refractivity contribution is -0.275. The SMILES string of the molecule is CC1C2CC[C@H](NC(=O)c3cc(C(=O)NCc4ccc(F)c(OC(F)(F)F)c4)nc4c(F)cnn34)C2CC[C@@H]1C(=O)O. The smallest absolute Gasteiger partial charge is 0.481 e. The van der Waals surface area contributed by atoms with E-state index in [-0.39, 0.29) is 47.3 Å². The largest absolute Gasteiger partial charge is 0.573 e. The number of hydrogen-bond donors (Lipinski definition) is 3. The minimum atomic E-state index is -5.12. The van der Waals surface area contributed by atoms with E-state index < -0.39 is 53.1 Å². The van der Waals surface area contributed by atoms with Gasteiger partial charge in [0.15, 0.2) is 23.0 Å². The highest BCUT2D eigenvalue weighted by Crippen LogP contribution is 2.48. The number of aromatic nitrogens is 3. The van der Waals surface area contributed by atoms with Gasteiger partial charge in [0.25, 0.3) is 11.8 Å². The third-order valence-electron chi connectivity index (χ3n) is 8.20. The maximum absolute atomic E-state index is 14.5. The maximum Gasteiger partial charge on any atom is 0.573 e.